The molecule has 0 radical (unpaired) electrons. The van der Waals surface area contributed by atoms with Crippen LogP contribution in [0.15, 0.2) is 36.9 Å². The van der Waals surface area contributed by atoms with E-state index < -0.39 is 0 Å². The molecule has 62 valence electrons. The van der Waals surface area contributed by atoms with E-state index in [0.717, 1.165) is 10.1 Å². The van der Waals surface area contributed by atoms with E-state index in [1.165, 1.54) is 5.22 Å². The van der Waals surface area contributed by atoms with Crippen LogP contribution < -0.4 is 10.4 Å². The summed E-state index contributed by atoms with van der Waals surface area (Å²) in [5, 5.41) is 2.33. The molecule has 0 spiro atoms. The van der Waals surface area contributed by atoms with Crippen LogP contribution in [0.25, 0.3) is 11.0 Å². The van der Waals surface area contributed by atoms with Gasteiger partial charge in [0.05, 0.1) is 0 Å². The van der Waals surface area contributed by atoms with Gasteiger partial charge < -0.3 is 0 Å². The number of thiol groups is 1. The molecule has 0 aromatic heterocycles. The monoisotopic (exact) mass is 176 g/mol. The van der Waals surface area contributed by atoms with Crippen LogP contribution in [0, 0.1) is 0 Å². The molecule has 0 N–H and O–H groups in total. The second kappa shape index (κ2) is 4.17. The first kappa shape index (κ1) is 9.14. The van der Waals surface area contributed by atoms with Gasteiger partial charge in [0.2, 0.25) is 0 Å². The van der Waals surface area contributed by atoms with Crippen molar-refractivity contribution in [3.05, 3.63) is 47.4 Å². The van der Waals surface area contributed by atoms with Gasteiger partial charge in [0, 0.05) is 4.91 Å². The smallest absolute Gasteiger partial charge is 0.0113 e. The molecule has 1 rings (SSSR count). The van der Waals surface area contributed by atoms with Crippen LogP contribution in [0.5, 0.6) is 0 Å². The van der Waals surface area contributed by atoms with Gasteiger partial charge in [-0.3, -0.25) is 0 Å². The first-order valence-corrected chi connectivity index (χ1v) is 4.31. The topological polar surface area (TPSA) is 0 Å². The SMILES string of the molecule is C=C/C(S)=c1/cccc/c1=C/C. The molecular formula is C11H12S. The van der Waals surface area contributed by atoms with Gasteiger partial charge in [-0.1, -0.05) is 43.0 Å². The average molecular weight is 176 g/mol. The van der Waals surface area contributed by atoms with Gasteiger partial charge in [-0.15, -0.1) is 12.6 Å². The molecule has 0 aliphatic heterocycles. The molecule has 0 atom stereocenters. The van der Waals surface area contributed by atoms with Crippen molar-refractivity contribution in [2.45, 2.75) is 6.92 Å². The van der Waals surface area contributed by atoms with E-state index in [4.69, 9.17) is 0 Å². The zero-order valence-electron chi connectivity index (χ0n) is 7.12. The summed E-state index contributed by atoms with van der Waals surface area (Å²) in [7, 11) is 0. The summed E-state index contributed by atoms with van der Waals surface area (Å²) in [5.41, 5.74) is 0. The number of hydrogen-bond acceptors (Lipinski definition) is 1. The lowest BCUT2D eigenvalue weighted by Crippen LogP contribution is -2.24. The Morgan fingerprint density at radius 2 is 2.08 bits per heavy atom. The van der Waals surface area contributed by atoms with E-state index in [1.54, 1.807) is 6.08 Å². The highest BCUT2D eigenvalue weighted by Crippen LogP contribution is 1.96. The maximum atomic E-state index is 4.32. The van der Waals surface area contributed by atoms with E-state index in [-0.39, 0.29) is 0 Å². The molecule has 0 nitrogen and oxygen atoms in total. The predicted octanol–water partition coefficient (Wildman–Crippen LogP) is 1.71. The van der Waals surface area contributed by atoms with Crippen LogP contribution in [0.2, 0.25) is 0 Å². The Labute approximate surface area is 78.3 Å². The Bertz CT molecular complexity index is 388. The predicted molar refractivity (Wildman–Crippen MR) is 58.4 cm³/mol. The summed E-state index contributed by atoms with van der Waals surface area (Å²) in [6.07, 6.45) is 3.82. The molecule has 12 heavy (non-hydrogen) atoms. The molecule has 0 saturated heterocycles. The molecule has 0 aliphatic carbocycles. The third kappa shape index (κ3) is 1.80. The summed E-state index contributed by atoms with van der Waals surface area (Å²) in [6, 6.07) is 8.12. The molecule has 0 bridgehead atoms. The largest absolute Gasteiger partial charge is 0.143 e. The molecular weight excluding hydrogens is 164 g/mol. The summed E-state index contributed by atoms with van der Waals surface area (Å²) in [5.74, 6) is 0. The molecule has 0 aliphatic rings. The van der Waals surface area contributed by atoms with E-state index in [9.17, 15) is 0 Å². The summed E-state index contributed by atoms with van der Waals surface area (Å²) in [6.45, 7) is 5.70. The van der Waals surface area contributed by atoms with Crippen LogP contribution in [0.3, 0.4) is 0 Å². The minimum Gasteiger partial charge on any atom is -0.143 e. The first-order chi connectivity index (χ1) is 5.79. The van der Waals surface area contributed by atoms with Crippen LogP contribution in [0.4, 0.5) is 0 Å². The minimum absolute atomic E-state index is 0.920. The summed E-state index contributed by atoms with van der Waals surface area (Å²) in [4.78, 5) is 0.920. The van der Waals surface area contributed by atoms with Gasteiger partial charge >= 0.3 is 0 Å². The normalized spacial score (nSPS) is 14.3. The van der Waals surface area contributed by atoms with Crippen molar-refractivity contribution in [2.24, 2.45) is 0 Å². The minimum atomic E-state index is 0.920. The Morgan fingerprint density at radius 3 is 2.67 bits per heavy atom. The average Bonchev–Trinajstić information content (AvgIpc) is 2.16. The molecule has 1 heteroatoms. The highest BCUT2D eigenvalue weighted by atomic mass is 32.1. The zero-order valence-corrected chi connectivity index (χ0v) is 8.01. The van der Waals surface area contributed by atoms with Crippen molar-refractivity contribution in [2.75, 3.05) is 0 Å². The fourth-order valence-electron chi connectivity index (χ4n) is 1.09. The number of hydrogen-bond donors (Lipinski definition) is 1. The Morgan fingerprint density at radius 1 is 1.42 bits per heavy atom. The van der Waals surface area contributed by atoms with Gasteiger partial charge in [0.25, 0.3) is 0 Å². The molecule has 0 fully saturated rings. The molecule has 0 unspecified atom stereocenters. The molecule has 0 amide bonds. The standard InChI is InChI=1S/C11H12S/c1-3-9-7-5-6-8-10(9)11(12)4-2/h3-8,12H,2H2,1H3/b9-3-,11-10+. The molecule has 1 aromatic rings. The molecule has 0 saturated carbocycles. The Hall–Kier alpha value is -0.950. The number of benzene rings is 1. The van der Waals surface area contributed by atoms with Gasteiger partial charge in [-0.05, 0) is 17.4 Å². The van der Waals surface area contributed by atoms with Crippen LogP contribution in [-0.2, 0) is 0 Å². The van der Waals surface area contributed by atoms with Crippen molar-refractivity contribution in [1.29, 1.82) is 0 Å². The lowest BCUT2D eigenvalue weighted by atomic mass is 10.2. The van der Waals surface area contributed by atoms with Crippen molar-refractivity contribution >= 4 is 23.6 Å². The van der Waals surface area contributed by atoms with Gasteiger partial charge in [-0.25, -0.2) is 0 Å². The zero-order chi connectivity index (χ0) is 8.97. The van der Waals surface area contributed by atoms with Crippen LogP contribution in [-0.4, -0.2) is 0 Å². The fourth-order valence-corrected chi connectivity index (χ4v) is 1.30. The van der Waals surface area contributed by atoms with Crippen molar-refractivity contribution in [3.8, 4) is 0 Å². The van der Waals surface area contributed by atoms with Crippen LogP contribution in [0.1, 0.15) is 6.92 Å². The maximum Gasteiger partial charge on any atom is 0.0113 e. The third-order valence-corrected chi connectivity index (χ3v) is 2.16. The number of rotatable bonds is 1. The lowest BCUT2D eigenvalue weighted by molar-refractivity contribution is 1.50. The third-order valence-electron chi connectivity index (χ3n) is 1.74. The highest BCUT2D eigenvalue weighted by Gasteiger charge is 1.86. The van der Waals surface area contributed by atoms with Gasteiger partial charge in [0.15, 0.2) is 0 Å². The molecule has 0 heterocycles. The van der Waals surface area contributed by atoms with Crippen molar-refractivity contribution in [3.63, 3.8) is 0 Å². The Kier molecular flexibility index (Phi) is 3.18. The fraction of sp³-hybridized carbons (Fsp3) is 0.0909. The van der Waals surface area contributed by atoms with Crippen LogP contribution >= 0.6 is 12.6 Å². The second-order valence-corrected chi connectivity index (χ2v) is 2.95. The van der Waals surface area contributed by atoms with Crippen molar-refractivity contribution < 1.29 is 0 Å². The Balaban J connectivity index is 3.65. The first-order valence-electron chi connectivity index (χ1n) is 3.86. The van der Waals surface area contributed by atoms with E-state index in [0.29, 0.717) is 0 Å². The molecule has 1 aromatic carbocycles. The van der Waals surface area contributed by atoms with E-state index >= 15 is 0 Å². The summed E-state index contributed by atoms with van der Waals surface area (Å²) < 4.78 is 0. The van der Waals surface area contributed by atoms with Gasteiger partial charge in [0.1, 0.15) is 0 Å². The summed E-state index contributed by atoms with van der Waals surface area (Å²) >= 11 is 4.32. The van der Waals surface area contributed by atoms with Gasteiger partial charge in [-0.2, -0.15) is 0 Å². The van der Waals surface area contributed by atoms with E-state index in [1.807, 2.05) is 25.1 Å². The second-order valence-electron chi connectivity index (χ2n) is 2.47. The quantitative estimate of drug-likeness (QED) is 0.619. The highest BCUT2D eigenvalue weighted by molar-refractivity contribution is 7.90. The lowest BCUT2D eigenvalue weighted by Gasteiger charge is -1.92. The van der Waals surface area contributed by atoms with Crippen molar-refractivity contribution in [1.82, 2.24) is 0 Å². The van der Waals surface area contributed by atoms with E-state index in [2.05, 4.69) is 31.4 Å². The maximum absolute atomic E-state index is 4.32.